The molecule has 6 nitrogen and oxygen atoms in total. The van der Waals surface area contributed by atoms with Crippen molar-refractivity contribution in [1.29, 1.82) is 0 Å². The quantitative estimate of drug-likeness (QED) is 0.848. The molecule has 3 rings (SSSR count). The lowest BCUT2D eigenvalue weighted by Gasteiger charge is -2.47. The summed E-state index contributed by atoms with van der Waals surface area (Å²) in [5.41, 5.74) is 0. The zero-order valence-corrected chi connectivity index (χ0v) is 14.1. The van der Waals surface area contributed by atoms with Gasteiger partial charge < -0.3 is 19.5 Å². The van der Waals surface area contributed by atoms with Gasteiger partial charge in [-0.3, -0.25) is 9.59 Å². The number of hydrogen-bond acceptors (Lipinski definition) is 3. The first-order chi connectivity index (χ1) is 11.7. The molecule has 0 aliphatic carbocycles. The molecule has 2 atom stereocenters. The molecule has 24 heavy (non-hydrogen) atoms. The standard InChI is InChI=1S/C18H27N3O3/c22-13-3-10-21-16-6-12-20(14-15(16)4-5-18(21)24)17(23)7-11-19-8-1-2-9-19/h1-2,8-9,15-16,22H,3-7,10-14H2/t15-,16+/m0/s1. The number of amides is 2. The van der Waals surface area contributed by atoms with E-state index in [9.17, 15) is 9.59 Å². The fourth-order valence-electron chi connectivity index (χ4n) is 4.01. The predicted molar refractivity (Wildman–Crippen MR) is 90.2 cm³/mol. The maximum absolute atomic E-state index is 12.5. The number of aromatic nitrogens is 1. The highest BCUT2D eigenvalue weighted by molar-refractivity contribution is 5.78. The maximum atomic E-state index is 12.5. The van der Waals surface area contributed by atoms with Crippen molar-refractivity contribution in [2.24, 2.45) is 5.92 Å². The number of fused-ring (bicyclic) bond motifs is 1. The second-order valence-corrected chi connectivity index (χ2v) is 6.83. The van der Waals surface area contributed by atoms with Crippen LogP contribution in [0.15, 0.2) is 24.5 Å². The van der Waals surface area contributed by atoms with Gasteiger partial charge in [-0.15, -0.1) is 0 Å². The first-order valence-electron chi connectivity index (χ1n) is 8.98. The Kier molecular flexibility index (Phi) is 5.56. The van der Waals surface area contributed by atoms with Crippen LogP contribution in [-0.4, -0.2) is 63.6 Å². The summed E-state index contributed by atoms with van der Waals surface area (Å²) in [5, 5.41) is 9.04. The smallest absolute Gasteiger partial charge is 0.224 e. The molecule has 2 aliphatic rings. The Balaban J connectivity index is 1.54. The lowest BCUT2D eigenvalue weighted by Crippen LogP contribution is -2.57. The van der Waals surface area contributed by atoms with Gasteiger partial charge in [0.05, 0.1) is 0 Å². The molecule has 0 bridgehead atoms. The van der Waals surface area contributed by atoms with E-state index in [0.29, 0.717) is 31.7 Å². The van der Waals surface area contributed by atoms with Crippen molar-refractivity contribution < 1.29 is 14.7 Å². The Labute approximate surface area is 143 Å². The summed E-state index contributed by atoms with van der Waals surface area (Å²) in [4.78, 5) is 28.6. The highest BCUT2D eigenvalue weighted by Crippen LogP contribution is 2.31. The molecule has 0 aromatic carbocycles. The average molecular weight is 333 g/mol. The summed E-state index contributed by atoms with van der Waals surface area (Å²) in [7, 11) is 0. The third kappa shape index (κ3) is 3.80. The Morgan fingerprint density at radius 3 is 2.75 bits per heavy atom. The summed E-state index contributed by atoms with van der Waals surface area (Å²) >= 11 is 0. The molecule has 132 valence electrons. The molecule has 2 amide bonds. The number of aliphatic hydroxyl groups is 1. The van der Waals surface area contributed by atoms with Gasteiger partial charge in [-0.05, 0) is 37.3 Å². The highest BCUT2D eigenvalue weighted by atomic mass is 16.3. The lowest BCUT2D eigenvalue weighted by atomic mass is 9.83. The number of hydrogen-bond donors (Lipinski definition) is 1. The molecular weight excluding hydrogens is 306 g/mol. The van der Waals surface area contributed by atoms with E-state index in [1.807, 2.05) is 38.9 Å². The van der Waals surface area contributed by atoms with Crippen LogP contribution >= 0.6 is 0 Å². The molecule has 0 radical (unpaired) electrons. The third-order valence-corrected chi connectivity index (χ3v) is 5.30. The summed E-state index contributed by atoms with van der Waals surface area (Å²) in [5.74, 6) is 0.795. The number of carbonyl (C=O) groups excluding carboxylic acids is 2. The zero-order valence-electron chi connectivity index (χ0n) is 14.1. The van der Waals surface area contributed by atoms with E-state index >= 15 is 0 Å². The van der Waals surface area contributed by atoms with Gasteiger partial charge in [-0.1, -0.05) is 0 Å². The largest absolute Gasteiger partial charge is 0.396 e. The van der Waals surface area contributed by atoms with Crippen LogP contribution in [0.1, 0.15) is 32.1 Å². The van der Waals surface area contributed by atoms with Crippen molar-refractivity contribution in [1.82, 2.24) is 14.4 Å². The van der Waals surface area contributed by atoms with Gasteiger partial charge in [-0.25, -0.2) is 0 Å². The molecule has 0 saturated carbocycles. The van der Waals surface area contributed by atoms with Crippen LogP contribution in [0.2, 0.25) is 0 Å². The van der Waals surface area contributed by atoms with Crippen LogP contribution in [-0.2, 0) is 16.1 Å². The Morgan fingerprint density at radius 1 is 1.21 bits per heavy atom. The minimum absolute atomic E-state index is 0.116. The minimum Gasteiger partial charge on any atom is -0.396 e. The zero-order chi connectivity index (χ0) is 16.9. The minimum atomic E-state index is 0.116. The monoisotopic (exact) mass is 333 g/mol. The molecule has 2 saturated heterocycles. The molecule has 0 spiro atoms. The van der Waals surface area contributed by atoms with Crippen molar-refractivity contribution in [2.75, 3.05) is 26.2 Å². The van der Waals surface area contributed by atoms with Crippen molar-refractivity contribution in [3.8, 4) is 0 Å². The fraction of sp³-hybridized carbons (Fsp3) is 0.667. The summed E-state index contributed by atoms with van der Waals surface area (Å²) < 4.78 is 2.03. The first-order valence-corrected chi connectivity index (χ1v) is 8.98. The summed E-state index contributed by atoms with van der Waals surface area (Å²) in [6.45, 7) is 2.97. The number of aliphatic hydroxyl groups excluding tert-OH is 1. The molecule has 3 heterocycles. The molecule has 2 aliphatic heterocycles. The van der Waals surface area contributed by atoms with Crippen LogP contribution in [0.5, 0.6) is 0 Å². The van der Waals surface area contributed by atoms with Crippen LogP contribution in [0, 0.1) is 5.92 Å². The van der Waals surface area contributed by atoms with Crippen molar-refractivity contribution in [3.63, 3.8) is 0 Å². The van der Waals surface area contributed by atoms with Crippen LogP contribution < -0.4 is 0 Å². The van der Waals surface area contributed by atoms with Crippen LogP contribution in [0.3, 0.4) is 0 Å². The van der Waals surface area contributed by atoms with E-state index in [0.717, 1.165) is 32.5 Å². The second kappa shape index (κ2) is 7.83. The van der Waals surface area contributed by atoms with E-state index < -0.39 is 0 Å². The van der Waals surface area contributed by atoms with Crippen molar-refractivity contribution in [2.45, 2.75) is 44.7 Å². The van der Waals surface area contributed by atoms with Crippen molar-refractivity contribution >= 4 is 11.8 Å². The molecule has 2 fully saturated rings. The summed E-state index contributed by atoms with van der Waals surface area (Å²) in [6, 6.07) is 4.18. The van der Waals surface area contributed by atoms with Gasteiger partial charge in [0.1, 0.15) is 0 Å². The van der Waals surface area contributed by atoms with E-state index in [1.165, 1.54) is 0 Å². The number of carbonyl (C=O) groups is 2. The van der Waals surface area contributed by atoms with E-state index in [1.54, 1.807) is 0 Å². The molecule has 1 N–H and O–H groups in total. The molecule has 6 heteroatoms. The van der Waals surface area contributed by atoms with Gasteiger partial charge in [0.2, 0.25) is 11.8 Å². The number of piperidine rings is 2. The Hall–Kier alpha value is -1.82. The number of nitrogens with zero attached hydrogens (tertiary/aromatic N) is 3. The van der Waals surface area contributed by atoms with Crippen LogP contribution in [0.4, 0.5) is 0 Å². The lowest BCUT2D eigenvalue weighted by molar-refractivity contribution is -0.144. The fourth-order valence-corrected chi connectivity index (χ4v) is 4.01. The SMILES string of the molecule is O=C(CCn1cccc1)N1CC[C@@H]2[C@@H](CCC(=O)N2CCCO)C1. The van der Waals surface area contributed by atoms with Gasteiger partial charge in [0, 0.05) is 64.1 Å². The topological polar surface area (TPSA) is 65.8 Å². The van der Waals surface area contributed by atoms with Crippen LogP contribution in [0.25, 0.3) is 0 Å². The second-order valence-electron chi connectivity index (χ2n) is 6.83. The van der Waals surface area contributed by atoms with Crippen molar-refractivity contribution in [3.05, 3.63) is 24.5 Å². The number of rotatable bonds is 6. The predicted octanol–water partition coefficient (Wildman–Crippen LogP) is 1.10. The number of likely N-dealkylation sites (tertiary alicyclic amines) is 2. The molecular formula is C18H27N3O3. The Morgan fingerprint density at radius 2 is 2.00 bits per heavy atom. The van der Waals surface area contributed by atoms with Gasteiger partial charge in [0.25, 0.3) is 0 Å². The van der Waals surface area contributed by atoms with Gasteiger partial charge in [-0.2, -0.15) is 0 Å². The van der Waals surface area contributed by atoms with Gasteiger partial charge >= 0.3 is 0 Å². The normalized spacial score (nSPS) is 24.1. The first kappa shape index (κ1) is 17.0. The molecule has 0 unspecified atom stereocenters. The van der Waals surface area contributed by atoms with E-state index in [2.05, 4.69) is 0 Å². The average Bonchev–Trinajstić information content (AvgIpc) is 3.12. The molecule has 1 aromatic heterocycles. The Bertz CT molecular complexity index is 558. The van der Waals surface area contributed by atoms with Gasteiger partial charge in [0.15, 0.2) is 0 Å². The highest BCUT2D eigenvalue weighted by Gasteiger charge is 2.39. The maximum Gasteiger partial charge on any atom is 0.224 e. The number of aryl methyl sites for hydroxylation is 1. The van der Waals surface area contributed by atoms with E-state index in [4.69, 9.17) is 5.11 Å². The third-order valence-electron chi connectivity index (χ3n) is 5.30. The summed E-state index contributed by atoms with van der Waals surface area (Å²) in [6.07, 6.45) is 7.42. The molecule has 1 aromatic rings. The van der Waals surface area contributed by atoms with E-state index in [-0.39, 0.29) is 24.5 Å².